The molecule has 1 aliphatic carbocycles. The quantitative estimate of drug-likeness (QED) is 0.637. The van der Waals surface area contributed by atoms with Crippen LogP contribution >= 0.6 is 0 Å². The molecule has 48 valence electrons. The summed E-state index contributed by atoms with van der Waals surface area (Å²) >= 11 is 0. The third-order valence-corrected chi connectivity index (χ3v) is 1.29. The van der Waals surface area contributed by atoms with Crippen LogP contribution in [0.2, 0.25) is 0 Å². The predicted molar refractivity (Wildman–Crippen MR) is 32.2 cm³/mol. The molecular formula is C6H8N2O. The molecule has 1 N–H and O–H groups in total. The third-order valence-electron chi connectivity index (χ3n) is 1.29. The normalized spacial score (nSPS) is 17.8. The maximum atomic E-state index is 5.32. The van der Waals surface area contributed by atoms with Crippen molar-refractivity contribution in [3.05, 3.63) is 12.3 Å². The molecule has 0 unspecified atom stereocenters. The summed E-state index contributed by atoms with van der Waals surface area (Å²) in [6, 6.07) is 1.83. The van der Waals surface area contributed by atoms with E-state index in [1.165, 1.54) is 12.8 Å². The van der Waals surface area contributed by atoms with Crippen molar-refractivity contribution >= 4 is 0 Å². The second-order valence-corrected chi connectivity index (χ2v) is 2.23. The first-order chi connectivity index (χ1) is 4.45. The van der Waals surface area contributed by atoms with E-state index in [0.29, 0.717) is 6.10 Å². The van der Waals surface area contributed by atoms with Crippen molar-refractivity contribution in [2.75, 3.05) is 0 Å². The summed E-state index contributed by atoms with van der Waals surface area (Å²) in [4.78, 5) is 0. The Balaban J connectivity index is 1.99. The number of aromatic nitrogens is 2. The molecule has 1 saturated carbocycles. The Morgan fingerprint density at radius 1 is 1.67 bits per heavy atom. The average molecular weight is 124 g/mol. The number of nitrogens with one attached hydrogen (secondary N) is 1. The minimum absolute atomic E-state index is 0.452. The number of ether oxygens (including phenoxy) is 1. The van der Waals surface area contributed by atoms with Crippen molar-refractivity contribution in [2.24, 2.45) is 0 Å². The Bertz CT molecular complexity index is 179. The molecule has 0 amide bonds. The van der Waals surface area contributed by atoms with Gasteiger partial charge in [0, 0.05) is 12.3 Å². The molecule has 1 fully saturated rings. The monoisotopic (exact) mass is 124 g/mol. The number of hydrogen-bond donors (Lipinski definition) is 1. The molecule has 0 bridgehead atoms. The standard InChI is InChI=1S/C6H8N2O/c1-2-5(1)9-6-3-4-7-8-6/h3-5H,1-2H2,(H,7,8). The molecule has 0 atom stereocenters. The predicted octanol–water partition coefficient (Wildman–Crippen LogP) is 0.951. The van der Waals surface area contributed by atoms with E-state index in [-0.39, 0.29) is 0 Å². The first-order valence-corrected chi connectivity index (χ1v) is 3.11. The Morgan fingerprint density at radius 3 is 3.11 bits per heavy atom. The van der Waals surface area contributed by atoms with Gasteiger partial charge in [-0.1, -0.05) is 0 Å². The third kappa shape index (κ3) is 1.04. The summed E-state index contributed by atoms with van der Waals surface area (Å²) < 4.78 is 5.32. The Hall–Kier alpha value is -0.990. The van der Waals surface area contributed by atoms with Crippen molar-refractivity contribution in [1.82, 2.24) is 10.2 Å². The number of H-pyrrole nitrogens is 1. The Labute approximate surface area is 53.0 Å². The average Bonchev–Trinajstić information content (AvgIpc) is 2.46. The van der Waals surface area contributed by atoms with Gasteiger partial charge in [0.15, 0.2) is 0 Å². The van der Waals surface area contributed by atoms with Crippen molar-refractivity contribution in [2.45, 2.75) is 18.9 Å². The molecule has 1 aromatic rings. The van der Waals surface area contributed by atoms with Crippen LogP contribution in [0.25, 0.3) is 0 Å². The number of hydrogen-bond acceptors (Lipinski definition) is 2. The fourth-order valence-electron chi connectivity index (χ4n) is 0.669. The molecule has 3 heteroatoms. The van der Waals surface area contributed by atoms with Crippen molar-refractivity contribution in [1.29, 1.82) is 0 Å². The summed E-state index contributed by atoms with van der Waals surface area (Å²) in [5.74, 6) is 0.720. The summed E-state index contributed by atoms with van der Waals surface area (Å²) in [6.45, 7) is 0. The van der Waals surface area contributed by atoms with Crippen LogP contribution in [0.4, 0.5) is 0 Å². The van der Waals surface area contributed by atoms with Gasteiger partial charge in [-0.2, -0.15) is 0 Å². The maximum Gasteiger partial charge on any atom is 0.232 e. The lowest BCUT2D eigenvalue weighted by Crippen LogP contribution is -1.95. The number of nitrogens with zero attached hydrogens (tertiary/aromatic N) is 1. The first kappa shape index (κ1) is 4.85. The molecule has 9 heavy (non-hydrogen) atoms. The van der Waals surface area contributed by atoms with E-state index in [2.05, 4.69) is 10.2 Å². The Kier molecular flexibility index (Phi) is 0.946. The second kappa shape index (κ2) is 1.76. The molecule has 1 heterocycles. The van der Waals surface area contributed by atoms with Crippen LogP contribution in [0.15, 0.2) is 12.3 Å². The maximum absolute atomic E-state index is 5.32. The number of aromatic amines is 1. The van der Waals surface area contributed by atoms with E-state index in [1.54, 1.807) is 6.20 Å². The van der Waals surface area contributed by atoms with E-state index in [0.717, 1.165) is 5.88 Å². The minimum atomic E-state index is 0.452. The molecule has 0 aromatic carbocycles. The van der Waals surface area contributed by atoms with Gasteiger partial charge in [-0.3, -0.25) is 5.10 Å². The van der Waals surface area contributed by atoms with E-state index >= 15 is 0 Å². The molecule has 0 saturated heterocycles. The molecular weight excluding hydrogens is 116 g/mol. The zero-order valence-electron chi connectivity index (χ0n) is 5.00. The van der Waals surface area contributed by atoms with Gasteiger partial charge in [0.25, 0.3) is 0 Å². The zero-order valence-corrected chi connectivity index (χ0v) is 5.00. The summed E-state index contributed by atoms with van der Waals surface area (Å²) in [7, 11) is 0. The summed E-state index contributed by atoms with van der Waals surface area (Å²) in [5, 5.41) is 6.54. The fraction of sp³-hybridized carbons (Fsp3) is 0.500. The van der Waals surface area contributed by atoms with Gasteiger partial charge in [-0.15, -0.1) is 5.10 Å². The highest BCUT2D eigenvalue weighted by Crippen LogP contribution is 2.24. The van der Waals surface area contributed by atoms with Crippen LogP contribution in [0.3, 0.4) is 0 Å². The lowest BCUT2D eigenvalue weighted by Gasteiger charge is -1.94. The molecule has 2 rings (SSSR count). The fourth-order valence-corrected chi connectivity index (χ4v) is 0.669. The van der Waals surface area contributed by atoms with Gasteiger partial charge < -0.3 is 4.74 Å². The summed E-state index contributed by atoms with van der Waals surface area (Å²) in [5.41, 5.74) is 0. The largest absolute Gasteiger partial charge is 0.473 e. The van der Waals surface area contributed by atoms with Crippen LogP contribution in [0.5, 0.6) is 5.88 Å². The van der Waals surface area contributed by atoms with Crippen molar-refractivity contribution in [3.8, 4) is 5.88 Å². The zero-order chi connectivity index (χ0) is 6.10. The SMILES string of the molecule is c1cc(OC2CC2)n[nH]1. The first-order valence-electron chi connectivity index (χ1n) is 3.11. The highest BCUT2D eigenvalue weighted by atomic mass is 16.5. The van der Waals surface area contributed by atoms with Crippen LogP contribution in [0.1, 0.15) is 12.8 Å². The van der Waals surface area contributed by atoms with Crippen LogP contribution in [-0.4, -0.2) is 16.3 Å². The van der Waals surface area contributed by atoms with Gasteiger partial charge in [0.05, 0.1) is 0 Å². The molecule has 1 aromatic heterocycles. The van der Waals surface area contributed by atoms with E-state index in [4.69, 9.17) is 4.74 Å². The van der Waals surface area contributed by atoms with Crippen LogP contribution < -0.4 is 4.74 Å². The Morgan fingerprint density at radius 2 is 2.56 bits per heavy atom. The van der Waals surface area contributed by atoms with Crippen LogP contribution in [0, 0.1) is 0 Å². The van der Waals surface area contributed by atoms with Gasteiger partial charge >= 0.3 is 0 Å². The lowest BCUT2D eigenvalue weighted by molar-refractivity contribution is 0.290. The van der Waals surface area contributed by atoms with E-state index in [1.807, 2.05) is 6.07 Å². The minimum Gasteiger partial charge on any atom is -0.473 e. The molecule has 1 aliphatic rings. The van der Waals surface area contributed by atoms with Gasteiger partial charge in [0.2, 0.25) is 5.88 Å². The molecule has 3 nitrogen and oxygen atoms in total. The smallest absolute Gasteiger partial charge is 0.232 e. The van der Waals surface area contributed by atoms with E-state index in [9.17, 15) is 0 Å². The molecule has 0 spiro atoms. The second-order valence-electron chi connectivity index (χ2n) is 2.23. The highest BCUT2D eigenvalue weighted by Gasteiger charge is 2.23. The molecule has 0 radical (unpaired) electrons. The topological polar surface area (TPSA) is 37.9 Å². The highest BCUT2D eigenvalue weighted by molar-refractivity contribution is 5.05. The van der Waals surface area contributed by atoms with Gasteiger partial charge in [-0.25, -0.2) is 0 Å². The van der Waals surface area contributed by atoms with Gasteiger partial charge in [-0.05, 0) is 12.8 Å². The lowest BCUT2D eigenvalue weighted by atomic mass is 10.7. The summed E-state index contributed by atoms with van der Waals surface area (Å²) in [6.07, 6.45) is 4.59. The van der Waals surface area contributed by atoms with Crippen molar-refractivity contribution in [3.63, 3.8) is 0 Å². The van der Waals surface area contributed by atoms with Gasteiger partial charge in [0.1, 0.15) is 6.10 Å². The van der Waals surface area contributed by atoms with Crippen molar-refractivity contribution < 1.29 is 4.74 Å². The molecule has 0 aliphatic heterocycles. The van der Waals surface area contributed by atoms with Crippen LogP contribution in [-0.2, 0) is 0 Å². The van der Waals surface area contributed by atoms with E-state index < -0.39 is 0 Å². The number of rotatable bonds is 2.